The second-order valence-corrected chi connectivity index (χ2v) is 1.99. The molecule has 0 bridgehead atoms. The third kappa shape index (κ3) is 1.52. The summed E-state index contributed by atoms with van der Waals surface area (Å²) in [6.07, 6.45) is 0. The minimum Gasteiger partial charge on any atom is -0.366 e. The standard InChI is InChI=1S/C7H5F2NO/c8-4-1-2-5(7(10)11)6(9)3-4/h1-3H,(H2,10,11). The molecule has 0 spiro atoms. The molecular formula is C7H5F2NO. The lowest BCUT2D eigenvalue weighted by Gasteiger charge is -1.95. The van der Waals surface area contributed by atoms with Gasteiger partial charge in [-0.15, -0.1) is 0 Å². The minimum atomic E-state index is -0.933. The van der Waals surface area contributed by atoms with Gasteiger partial charge in [0, 0.05) is 6.07 Å². The van der Waals surface area contributed by atoms with Gasteiger partial charge >= 0.3 is 0 Å². The molecule has 0 heterocycles. The van der Waals surface area contributed by atoms with E-state index in [-0.39, 0.29) is 5.56 Å². The number of hydrogen-bond donors (Lipinski definition) is 1. The zero-order valence-corrected chi connectivity index (χ0v) is 5.47. The predicted molar refractivity (Wildman–Crippen MR) is 34.9 cm³/mol. The summed E-state index contributed by atoms with van der Waals surface area (Å²) in [4.78, 5) is 10.4. The van der Waals surface area contributed by atoms with Crippen molar-refractivity contribution in [3.05, 3.63) is 35.4 Å². The van der Waals surface area contributed by atoms with Gasteiger partial charge in [0.1, 0.15) is 11.6 Å². The number of primary amides is 1. The van der Waals surface area contributed by atoms with Crippen LogP contribution in [0, 0.1) is 11.6 Å². The quantitative estimate of drug-likeness (QED) is 0.650. The van der Waals surface area contributed by atoms with E-state index in [1.54, 1.807) is 0 Å². The molecule has 0 atom stereocenters. The molecule has 0 radical (unpaired) electrons. The molecule has 4 heteroatoms. The number of halogens is 2. The van der Waals surface area contributed by atoms with E-state index >= 15 is 0 Å². The predicted octanol–water partition coefficient (Wildman–Crippen LogP) is 1.06. The summed E-state index contributed by atoms with van der Waals surface area (Å²) in [6, 6.07) is 2.59. The van der Waals surface area contributed by atoms with Crippen LogP contribution >= 0.6 is 0 Å². The van der Waals surface area contributed by atoms with Crippen molar-refractivity contribution in [3.8, 4) is 0 Å². The van der Waals surface area contributed by atoms with Crippen LogP contribution in [0.15, 0.2) is 18.2 Å². The van der Waals surface area contributed by atoms with Gasteiger partial charge in [-0.05, 0) is 12.1 Å². The van der Waals surface area contributed by atoms with E-state index in [2.05, 4.69) is 0 Å². The zero-order valence-electron chi connectivity index (χ0n) is 5.47. The lowest BCUT2D eigenvalue weighted by Crippen LogP contribution is -2.12. The number of rotatable bonds is 1. The maximum absolute atomic E-state index is 12.6. The van der Waals surface area contributed by atoms with Crippen LogP contribution < -0.4 is 5.73 Å². The molecule has 0 saturated carbocycles. The Labute approximate surface area is 61.6 Å². The number of nitrogens with two attached hydrogens (primary N) is 1. The van der Waals surface area contributed by atoms with Crippen LogP contribution in [0.2, 0.25) is 0 Å². The van der Waals surface area contributed by atoms with Crippen LogP contribution in [-0.2, 0) is 0 Å². The fourth-order valence-corrected chi connectivity index (χ4v) is 0.689. The van der Waals surface area contributed by atoms with Crippen molar-refractivity contribution in [2.75, 3.05) is 0 Å². The summed E-state index contributed by atoms with van der Waals surface area (Å²) in [5.41, 5.74) is 4.46. The maximum Gasteiger partial charge on any atom is 0.251 e. The summed E-state index contributed by atoms with van der Waals surface area (Å²) in [6.45, 7) is 0. The lowest BCUT2D eigenvalue weighted by atomic mass is 10.2. The second kappa shape index (κ2) is 2.65. The van der Waals surface area contributed by atoms with Crippen molar-refractivity contribution in [2.45, 2.75) is 0 Å². The zero-order chi connectivity index (χ0) is 8.43. The van der Waals surface area contributed by atoms with Crippen molar-refractivity contribution in [1.29, 1.82) is 0 Å². The Kier molecular flexibility index (Phi) is 1.85. The largest absolute Gasteiger partial charge is 0.366 e. The van der Waals surface area contributed by atoms with Crippen LogP contribution in [0.1, 0.15) is 10.4 Å². The Morgan fingerprint density at radius 3 is 2.45 bits per heavy atom. The van der Waals surface area contributed by atoms with Gasteiger partial charge in [0.15, 0.2) is 0 Å². The molecule has 0 saturated heterocycles. The first-order valence-corrected chi connectivity index (χ1v) is 2.86. The van der Waals surface area contributed by atoms with E-state index in [9.17, 15) is 13.6 Å². The fraction of sp³-hybridized carbons (Fsp3) is 0. The highest BCUT2D eigenvalue weighted by Crippen LogP contribution is 2.07. The van der Waals surface area contributed by atoms with Crippen molar-refractivity contribution in [2.24, 2.45) is 5.73 Å². The highest BCUT2D eigenvalue weighted by atomic mass is 19.1. The van der Waals surface area contributed by atoms with E-state index in [0.29, 0.717) is 6.07 Å². The van der Waals surface area contributed by atoms with Crippen LogP contribution in [0.4, 0.5) is 8.78 Å². The van der Waals surface area contributed by atoms with Crippen molar-refractivity contribution < 1.29 is 13.6 Å². The molecule has 0 aliphatic heterocycles. The third-order valence-corrected chi connectivity index (χ3v) is 1.20. The second-order valence-electron chi connectivity index (χ2n) is 1.99. The Hall–Kier alpha value is -1.45. The van der Waals surface area contributed by atoms with E-state index in [0.717, 1.165) is 12.1 Å². The highest BCUT2D eigenvalue weighted by molar-refractivity contribution is 5.92. The smallest absolute Gasteiger partial charge is 0.251 e. The van der Waals surface area contributed by atoms with Gasteiger partial charge < -0.3 is 5.73 Å². The molecule has 1 amide bonds. The number of benzene rings is 1. The van der Waals surface area contributed by atoms with Gasteiger partial charge in [0.2, 0.25) is 0 Å². The fourth-order valence-electron chi connectivity index (χ4n) is 0.689. The van der Waals surface area contributed by atoms with Crippen LogP contribution in [0.25, 0.3) is 0 Å². The van der Waals surface area contributed by atoms with E-state index in [1.807, 2.05) is 0 Å². The SMILES string of the molecule is NC(=O)c1ccc(F)cc1F. The van der Waals surface area contributed by atoms with Gasteiger partial charge in [-0.3, -0.25) is 4.79 Å². The molecule has 0 aliphatic rings. The average molecular weight is 157 g/mol. The number of carbonyl (C=O) groups is 1. The molecule has 0 aliphatic carbocycles. The Morgan fingerprint density at radius 2 is 2.00 bits per heavy atom. The van der Waals surface area contributed by atoms with Crippen LogP contribution in [0.3, 0.4) is 0 Å². The third-order valence-electron chi connectivity index (χ3n) is 1.20. The van der Waals surface area contributed by atoms with Gasteiger partial charge in [0.05, 0.1) is 5.56 Å². The maximum atomic E-state index is 12.6. The average Bonchev–Trinajstić information content (AvgIpc) is 1.85. The van der Waals surface area contributed by atoms with Gasteiger partial charge in [-0.25, -0.2) is 8.78 Å². The van der Waals surface area contributed by atoms with Crippen molar-refractivity contribution in [3.63, 3.8) is 0 Å². The molecule has 0 unspecified atom stereocenters. The lowest BCUT2D eigenvalue weighted by molar-refractivity contribution is 0.0996. The molecule has 0 fully saturated rings. The monoisotopic (exact) mass is 157 g/mol. The first kappa shape index (κ1) is 7.65. The summed E-state index contributed by atoms with van der Waals surface area (Å²) < 4.78 is 24.8. The summed E-state index contributed by atoms with van der Waals surface area (Å²) in [5, 5.41) is 0. The van der Waals surface area contributed by atoms with Crippen LogP contribution in [-0.4, -0.2) is 5.91 Å². The normalized spacial score (nSPS) is 9.64. The van der Waals surface area contributed by atoms with Gasteiger partial charge in [-0.1, -0.05) is 0 Å². The first-order chi connectivity index (χ1) is 5.11. The molecule has 58 valence electrons. The summed E-state index contributed by atoms with van der Waals surface area (Å²) >= 11 is 0. The molecule has 1 aromatic rings. The van der Waals surface area contributed by atoms with Gasteiger partial charge in [0.25, 0.3) is 5.91 Å². The molecule has 1 aromatic carbocycles. The Morgan fingerprint density at radius 1 is 1.36 bits per heavy atom. The molecule has 11 heavy (non-hydrogen) atoms. The molecule has 1 rings (SSSR count). The number of carbonyl (C=O) groups excluding carboxylic acids is 1. The summed E-state index contributed by atoms with van der Waals surface area (Å²) in [5.74, 6) is -2.56. The molecule has 2 N–H and O–H groups in total. The van der Waals surface area contributed by atoms with Gasteiger partial charge in [-0.2, -0.15) is 0 Å². The Balaban J connectivity index is 3.20. The van der Waals surface area contributed by atoms with Crippen molar-refractivity contribution >= 4 is 5.91 Å². The van der Waals surface area contributed by atoms with E-state index in [4.69, 9.17) is 5.73 Å². The number of hydrogen-bond acceptors (Lipinski definition) is 1. The van der Waals surface area contributed by atoms with E-state index in [1.165, 1.54) is 0 Å². The topological polar surface area (TPSA) is 43.1 Å². The summed E-state index contributed by atoms with van der Waals surface area (Å²) in [7, 11) is 0. The molecule has 2 nitrogen and oxygen atoms in total. The van der Waals surface area contributed by atoms with Crippen molar-refractivity contribution in [1.82, 2.24) is 0 Å². The van der Waals surface area contributed by atoms with E-state index < -0.39 is 17.5 Å². The minimum absolute atomic E-state index is 0.300. The first-order valence-electron chi connectivity index (χ1n) is 2.86. The highest BCUT2D eigenvalue weighted by Gasteiger charge is 2.07. The molecule has 0 aromatic heterocycles. The Bertz CT molecular complexity index is 298. The van der Waals surface area contributed by atoms with Crippen LogP contribution in [0.5, 0.6) is 0 Å². The molecular weight excluding hydrogens is 152 g/mol. The number of amides is 1.